The molecular weight excluding hydrogens is 210 g/mol. The minimum absolute atomic E-state index is 0.0311. The third-order valence-electron chi connectivity index (χ3n) is 3.54. The van der Waals surface area contributed by atoms with Gasteiger partial charge in [-0.3, -0.25) is 9.59 Å². The number of rotatable bonds is 2. The van der Waals surface area contributed by atoms with E-state index in [1.54, 1.807) is 4.90 Å². The fourth-order valence-electron chi connectivity index (χ4n) is 2.45. The van der Waals surface area contributed by atoms with Gasteiger partial charge in [0.25, 0.3) is 0 Å². The maximum Gasteiger partial charge on any atom is 0.308 e. The summed E-state index contributed by atoms with van der Waals surface area (Å²) in [6.07, 6.45) is 1.30. The lowest BCUT2D eigenvalue weighted by Gasteiger charge is -2.21. The lowest BCUT2D eigenvalue weighted by molar-refractivity contribution is -0.141. The molecule has 5 nitrogen and oxygen atoms in total. The van der Waals surface area contributed by atoms with Crippen molar-refractivity contribution < 1.29 is 19.4 Å². The van der Waals surface area contributed by atoms with Gasteiger partial charge in [-0.15, -0.1) is 0 Å². The molecule has 2 heterocycles. The number of hydrogen-bond acceptors (Lipinski definition) is 3. The Kier molecular flexibility index (Phi) is 3.14. The fraction of sp³-hybridized carbons (Fsp3) is 0.818. The summed E-state index contributed by atoms with van der Waals surface area (Å²) < 4.78 is 5.36. The van der Waals surface area contributed by atoms with Gasteiger partial charge in [0.05, 0.1) is 17.9 Å². The Morgan fingerprint density at radius 1 is 1.38 bits per heavy atom. The minimum Gasteiger partial charge on any atom is -0.481 e. The van der Waals surface area contributed by atoms with Crippen LogP contribution in [-0.2, 0) is 14.3 Å². The third kappa shape index (κ3) is 2.04. The second kappa shape index (κ2) is 4.41. The molecule has 2 saturated heterocycles. The first kappa shape index (κ1) is 11.4. The van der Waals surface area contributed by atoms with Gasteiger partial charge in [0, 0.05) is 19.7 Å². The lowest BCUT2D eigenvalue weighted by Crippen LogP contribution is -2.37. The van der Waals surface area contributed by atoms with Crippen LogP contribution in [-0.4, -0.2) is 47.7 Å². The van der Waals surface area contributed by atoms with Gasteiger partial charge in [-0.1, -0.05) is 0 Å². The van der Waals surface area contributed by atoms with Crippen LogP contribution in [0.15, 0.2) is 0 Å². The lowest BCUT2D eigenvalue weighted by atomic mass is 10.0. The van der Waals surface area contributed by atoms with Crippen molar-refractivity contribution in [2.75, 3.05) is 19.7 Å². The molecule has 3 atom stereocenters. The smallest absolute Gasteiger partial charge is 0.308 e. The van der Waals surface area contributed by atoms with Crippen LogP contribution in [0.1, 0.15) is 19.8 Å². The molecule has 0 bridgehead atoms. The zero-order chi connectivity index (χ0) is 11.7. The summed E-state index contributed by atoms with van der Waals surface area (Å²) >= 11 is 0. The van der Waals surface area contributed by atoms with Crippen LogP contribution in [0.2, 0.25) is 0 Å². The molecule has 16 heavy (non-hydrogen) atoms. The summed E-state index contributed by atoms with van der Waals surface area (Å²) in [6, 6.07) is 0. The van der Waals surface area contributed by atoms with E-state index >= 15 is 0 Å². The molecule has 2 aliphatic heterocycles. The standard InChI is InChI=1S/C11H17NO4/c1-7-9(3-5-16-7)10(13)12-4-2-8(6-12)11(14)15/h7-9H,2-6H2,1H3,(H,14,15). The number of amides is 1. The van der Waals surface area contributed by atoms with Gasteiger partial charge in [0.15, 0.2) is 0 Å². The highest BCUT2D eigenvalue weighted by atomic mass is 16.5. The first-order chi connectivity index (χ1) is 7.59. The molecule has 0 radical (unpaired) electrons. The van der Waals surface area contributed by atoms with E-state index in [4.69, 9.17) is 9.84 Å². The van der Waals surface area contributed by atoms with Crippen molar-refractivity contribution in [1.82, 2.24) is 4.90 Å². The number of carboxylic acid groups (broad SMARTS) is 1. The van der Waals surface area contributed by atoms with Gasteiger partial charge in [-0.05, 0) is 19.8 Å². The average Bonchev–Trinajstić information content (AvgIpc) is 2.84. The van der Waals surface area contributed by atoms with Crippen LogP contribution in [0.25, 0.3) is 0 Å². The second-order valence-electron chi connectivity index (χ2n) is 4.58. The molecule has 90 valence electrons. The number of carbonyl (C=O) groups is 2. The molecule has 0 aromatic carbocycles. The maximum absolute atomic E-state index is 12.1. The van der Waals surface area contributed by atoms with Crippen molar-refractivity contribution in [1.29, 1.82) is 0 Å². The zero-order valence-electron chi connectivity index (χ0n) is 9.39. The highest BCUT2D eigenvalue weighted by Gasteiger charge is 2.38. The summed E-state index contributed by atoms with van der Waals surface area (Å²) in [6.45, 7) is 3.46. The highest BCUT2D eigenvalue weighted by Crippen LogP contribution is 2.26. The molecule has 3 unspecified atom stereocenters. The number of aliphatic carboxylic acids is 1. The van der Waals surface area contributed by atoms with Gasteiger partial charge < -0.3 is 14.7 Å². The van der Waals surface area contributed by atoms with Crippen LogP contribution in [0.4, 0.5) is 0 Å². The van der Waals surface area contributed by atoms with Crippen molar-refractivity contribution in [3.8, 4) is 0 Å². The Hall–Kier alpha value is -1.10. The molecule has 0 spiro atoms. The summed E-state index contributed by atoms with van der Waals surface area (Å²) in [5.74, 6) is -1.20. The van der Waals surface area contributed by atoms with E-state index in [0.29, 0.717) is 26.1 Å². The van der Waals surface area contributed by atoms with E-state index in [1.165, 1.54) is 0 Å². The molecular formula is C11H17NO4. The molecule has 1 amide bonds. The Labute approximate surface area is 94.4 Å². The predicted molar refractivity (Wildman–Crippen MR) is 55.8 cm³/mol. The minimum atomic E-state index is -0.800. The Morgan fingerprint density at radius 3 is 2.62 bits per heavy atom. The largest absolute Gasteiger partial charge is 0.481 e. The van der Waals surface area contributed by atoms with Crippen LogP contribution in [0, 0.1) is 11.8 Å². The molecule has 0 aromatic rings. The molecule has 0 aromatic heterocycles. The summed E-state index contributed by atoms with van der Waals surface area (Å²) in [7, 11) is 0. The SMILES string of the molecule is CC1OCCC1C(=O)N1CCC(C(=O)O)C1. The third-order valence-corrected chi connectivity index (χ3v) is 3.54. The number of likely N-dealkylation sites (tertiary alicyclic amines) is 1. The fourth-order valence-corrected chi connectivity index (χ4v) is 2.45. The average molecular weight is 227 g/mol. The first-order valence-corrected chi connectivity index (χ1v) is 5.73. The van der Waals surface area contributed by atoms with Crippen molar-refractivity contribution in [3.63, 3.8) is 0 Å². The van der Waals surface area contributed by atoms with E-state index < -0.39 is 5.97 Å². The van der Waals surface area contributed by atoms with E-state index in [2.05, 4.69) is 0 Å². The Balaban J connectivity index is 1.94. The van der Waals surface area contributed by atoms with Crippen molar-refractivity contribution in [2.45, 2.75) is 25.9 Å². The molecule has 2 aliphatic rings. The normalized spacial score (nSPS) is 34.3. The number of hydrogen-bond donors (Lipinski definition) is 1. The molecule has 2 fully saturated rings. The van der Waals surface area contributed by atoms with Crippen LogP contribution in [0.3, 0.4) is 0 Å². The van der Waals surface area contributed by atoms with Crippen molar-refractivity contribution in [3.05, 3.63) is 0 Å². The summed E-state index contributed by atoms with van der Waals surface area (Å²) in [5.41, 5.74) is 0. The number of carboxylic acids is 1. The maximum atomic E-state index is 12.1. The van der Waals surface area contributed by atoms with Crippen LogP contribution < -0.4 is 0 Å². The van der Waals surface area contributed by atoms with Crippen LogP contribution in [0.5, 0.6) is 0 Å². The van der Waals surface area contributed by atoms with E-state index in [1.807, 2.05) is 6.92 Å². The Bertz CT molecular complexity index is 304. The topological polar surface area (TPSA) is 66.8 Å². The zero-order valence-corrected chi connectivity index (χ0v) is 9.39. The summed E-state index contributed by atoms with van der Waals surface area (Å²) in [4.78, 5) is 24.5. The van der Waals surface area contributed by atoms with Crippen molar-refractivity contribution in [2.24, 2.45) is 11.8 Å². The van der Waals surface area contributed by atoms with Gasteiger partial charge in [0.1, 0.15) is 0 Å². The Morgan fingerprint density at radius 2 is 2.12 bits per heavy atom. The van der Waals surface area contributed by atoms with E-state index in [0.717, 1.165) is 6.42 Å². The van der Waals surface area contributed by atoms with Crippen molar-refractivity contribution >= 4 is 11.9 Å². The van der Waals surface area contributed by atoms with Gasteiger partial charge in [-0.25, -0.2) is 0 Å². The summed E-state index contributed by atoms with van der Waals surface area (Å²) in [5, 5.41) is 8.87. The molecule has 2 rings (SSSR count). The van der Waals surface area contributed by atoms with Gasteiger partial charge in [0.2, 0.25) is 5.91 Å². The number of nitrogens with zero attached hydrogens (tertiary/aromatic N) is 1. The number of ether oxygens (including phenoxy) is 1. The predicted octanol–water partition coefficient (Wildman–Crippen LogP) is 0.344. The van der Waals surface area contributed by atoms with Gasteiger partial charge >= 0.3 is 5.97 Å². The molecule has 0 aliphatic carbocycles. The second-order valence-corrected chi connectivity index (χ2v) is 4.58. The quantitative estimate of drug-likeness (QED) is 0.739. The molecule has 0 saturated carbocycles. The molecule has 5 heteroatoms. The van der Waals surface area contributed by atoms with E-state index in [9.17, 15) is 9.59 Å². The molecule has 1 N–H and O–H groups in total. The highest BCUT2D eigenvalue weighted by molar-refractivity contribution is 5.81. The van der Waals surface area contributed by atoms with Crippen LogP contribution >= 0.6 is 0 Å². The first-order valence-electron chi connectivity index (χ1n) is 5.73. The monoisotopic (exact) mass is 227 g/mol. The van der Waals surface area contributed by atoms with E-state index in [-0.39, 0.29) is 23.8 Å². The van der Waals surface area contributed by atoms with Gasteiger partial charge in [-0.2, -0.15) is 0 Å². The number of carbonyl (C=O) groups excluding carboxylic acids is 1.